The lowest BCUT2D eigenvalue weighted by Gasteiger charge is -2.59. The number of aliphatic hydroxyl groups is 1. The van der Waals surface area contributed by atoms with Crippen LogP contribution in [0.3, 0.4) is 0 Å². The van der Waals surface area contributed by atoms with E-state index in [1.54, 1.807) is 12.1 Å². The molecule has 4 nitrogen and oxygen atoms in total. The predicted molar refractivity (Wildman–Crippen MR) is 109 cm³/mol. The van der Waals surface area contributed by atoms with Crippen LogP contribution in [0.25, 0.3) is 10.9 Å². The number of H-pyrrole nitrogens is 1. The van der Waals surface area contributed by atoms with Gasteiger partial charge in [-0.15, -0.1) is 0 Å². The zero-order valence-corrected chi connectivity index (χ0v) is 17.0. The van der Waals surface area contributed by atoms with E-state index in [0.717, 1.165) is 67.0 Å². The lowest BCUT2D eigenvalue weighted by molar-refractivity contribution is -0.174. The van der Waals surface area contributed by atoms with E-state index >= 15 is 0 Å². The smallest absolute Gasteiger partial charge is 0.223 e. The van der Waals surface area contributed by atoms with E-state index in [1.807, 2.05) is 6.20 Å². The van der Waals surface area contributed by atoms with Crippen molar-refractivity contribution in [3.05, 3.63) is 35.3 Å². The highest BCUT2D eigenvalue weighted by Gasteiger charge is 2.54. The summed E-state index contributed by atoms with van der Waals surface area (Å²) in [6.07, 6.45) is 9.22. The van der Waals surface area contributed by atoms with Crippen LogP contribution in [0.4, 0.5) is 4.39 Å². The van der Waals surface area contributed by atoms with Gasteiger partial charge < -0.3 is 15.0 Å². The van der Waals surface area contributed by atoms with Gasteiger partial charge in [-0.05, 0) is 86.0 Å². The average molecular weight is 397 g/mol. The number of hydrogen-bond donors (Lipinski definition) is 2. The zero-order chi connectivity index (χ0) is 19.9. The fraction of sp³-hybridized carbons (Fsp3) is 0.625. The Kier molecular flexibility index (Phi) is 3.75. The van der Waals surface area contributed by atoms with Crippen LogP contribution >= 0.6 is 0 Å². The topological polar surface area (TPSA) is 56.3 Å². The first-order chi connectivity index (χ1) is 13.9. The Balaban J connectivity index is 1.26. The summed E-state index contributed by atoms with van der Waals surface area (Å²) in [7, 11) is 0. The van der Waals surface area contributed by atoms with Crippen LogP contribution in [0, 0.1) is 11.7 Å². The maximum atomic E-state index is 14.0. The summed E-state index contributed by atoms with van der Waals surface area (Å²) < 4.78 is 14.0. The Morgan fingerprint density at radius 2 is 2.00 bits per heavy atom. The first kappa shape index (κ1) is 17.9. The van der Waals surface area contributed by atoms with Crippen molar-refractivity contribution in [1.82, 2.24) is 9.88 Å². The molecule has 3 heterocycles. The molecule has 154 valence electrons. The van der Waals surface area contributed by atoms with Crippen LogP contribution in [-0.2, 0) is 4.79 Å². The molecule has 3 atom stereocenters. The van der Waals surface area contributed by atoms with Crippen molar-refractivity contribution < 1.29 is 14.3 Å². The second-order valence-electron chi connectivity index (χ2n) is 10.3. The molecule has 5 heteroatoms. The van der Waals surface area contributed by atoms with Crippen LogP contribution in [0.2, 0.25) is 0 Å². The first-order valence-electron chi connectivity index (χ1n) is 11.2. The van der Waals surface area contributed by atoms with E-state index in [-0.39, 0.29) is 29.7 Å². The summed E-state index contributed by atoms with van der Waals surface area (Å²) in [6, 6.07) is 3.69. The minimum Gasteiger partial charge on any atom is -0.390 e. The maximum Gasteiger partial charge on any atom is 0.223 e. The Labute approximate surface area is 170 Å². The average Bonchev–Trinajstić information content (AvgIpc) is 3.38. The molecule has 3 unspecified atom stereocenters. The molecule has 3 aliphatic carbocycles. The predicted octanol–water partition coefficient (Wildman–Crippen LogP) is 4.58. The molecule has 29 heavy (non-hydrogen) atoms. The number of amides is 1. The molecule has 5 aliphatic rings. The van der Waals surface area contributed by atoms with Crippen molar-refractivity contribution in [2.75, 3.05) is 0 Å². The van der Waals surface area contributed by atoms with Crippen molar-refractivity contribution in [1.29, 1.82) is 0 Å². The number of nitrogens with one attached hydrogen (secondary N) is 1. The van der Waals surface area contributed by atoms with Gasteiger partial charge in [-0.2, -0.15) is 0 Å². The highest BCUT2D eigenvalue weighted by atomic mass is 19.1. The standard InChI is InChI=1S/C24H29FN2O2/c1-13(20-12-26-21-8-16(25)7-19(23(20)21)15-2-3-15)4-22(28)27-17-5-14-6-18(27)11-24(29,9-14)10-17/h7-8,12-15,17-18,26,29H,2-6,9-11H2,1H3. The number of fused-ring (bicyclic) bond motifs is 1. The molecule has 1 aromatic heterocycles. The highest BCUT2D eigenvalue weighted by Crippen LogP contribution is 2.52. The summed E-state index contributed by atoms with van der Waals surface area (Å²) in [5.41, 5.74) is 2.56. The van der Waals surface area contributed by atoms with Gasteiger partial charge in [0, 0.05) is 35.6 Å². The van der Waals surface area contributed by atoms with E-state index in [4.69, 9.17) is 0 Å². The summed E-state index contributed by atoms with van der Waals surface area (Å²) >= 11 is 0. The molecule has 0 spiro atoms. The second-order valence-corrected chi connectivity index (χ2v) is 10.3. The molecular weight excluding hydrogens is 367 g/mol. The van der Waals surface area contributed by atoms with Crippen molar-refractivity contribution in [3.8, 4) is 0 Å². The Morgan fingerprint density at radius 3 is 2.66 bits per heavy atom. The summed E-state index contributed by atoms with van der Waals surface area (Å²) in [5.74, 6) is 1.16. The Morgan fingerprint density at radius 1 is 1.28 bits per heavy atom. The van der Waals surface area contributed by atoms with Gasteiger partial charge in [0.15, 0.2) is 0 Å². The molecular formula is C24H29FN2O2. The van der Waals surface area contributed by atoms with E-state index in [2.05, 4.69) is 16.8 Å². The van der Waals surface area contributed by atoms with Crippen LogP contribution < -0.4 is 0 Å². The monoisotopic (exact) mass is 396 g/mol. The van der Waals surface area contributed by atoms with Gasteiger partial charge in [-0.1, -0.05) is 6.92 Å². The van der Waals surface area contributed by atoms with E-state index < -0.39 is 5.60 Å². The molecule has 2 aromatic rings. The Hall–Kier alpha value is -1.88. The number of aromatic nitrogens is 1. The number of nitrogens with zero attached hydrogens (tertiary/aromatic N) is 1. The lowest BCUT2D eigenvalue weighted by atomic mass is 9.61. The molecule has 1 aromatic carbocycles. The summed E-state index contributed by atoms with van der Waals surface area (Å²) in [4.78, 5) is 18.7. The van der Waals surface area contributed by atoms with Crippen LogP contribution in [0.5, 0.6) is 0 Å². The number of carbonyl (C=O) groups is 1. The number of rotatable bonds is 4. The van der Waals surface area contributed by atoms with Crippen molar-refractivity contribution in [3.63, 3.8) is 0 Å². The van der Waals surface area contributed by atoms with Crippen molar-refractivity contribution in [2.24, 2.45) is 5.92 Å². The maximum absolute atomic E-state index is 14.0. The van der Waals surface area contributed by atoms with Gasteiger partial charge in [0.1, 0.15) is 5.82 Å². The minimum absolute atomic E-state index is 0.0829. The molecule has 4 bridgehead atoms. The molecule has 2 aliphatic heterocycles. The van der Waals surface area contributed by atoms with E-state index in [1.165, 1.54) is 0 Å². The number of hydrogen-bond acceptors (Lipinski definition) is 2. The third kappa shape index (κ3) is 2.84. The molecule has 7 rings (SSSR count). The molecule has 5 fully saturated rings. The van der Waals surface area contributed by atoms with Gasteiger partial charge >= 0.3 is 0 Å². The van der Waals surface area contributed by atoms with Crippen LogP contribution in [-0.4, -0.2) is 38.6 Å². The molecule has 2 saturated heterocycles. The fourth-order valence-electron chi connectivity index (χ4n) is 6.87. The van der Waals surface area contributed by atoms with Crippen molar-refractivity contribution >= 4 is 16.8 Å². The third-order valence-electron chi connectivity index (χ3n) is 8.02. The summed E-state index contributed by atoms with van der Waals surface area (Å²) in [6.45, 7) is 2.12. The van der Waals surface area contributed by atoms with Gasteiger partial charge in [0.25, 0.3) is 0 Å². The number of benzene rings is 1. The zero-order valence-electron chi connectivity index (χ0n) is 17.0. The van der Waals surface area contributed by atoms with E-state index in [0.29, 0.717) is 18.3 Å². The normalized spacial score (nSPS) is 34.2. The van der Waals surface area contributed by atoms with Gasteiger partial charge in [-0.3, -0.25) is 4.79 Å². The molecule has 0 radical (unpaired) electrons. The van der Waals surface area contributed by atoms with Crippen molar-refractivity contribution in [2.45, 2.75) is 87.8 Å². The fourth-order valence-corrected chi connectivity index (χ4v) is 6.87. The van der Waals surface area contributed by atoms with Crippen LogP contribution in [0.15, 0.2) is 18.3 Å². The summed E-state index contributed by atoms with van der Waals surface area (Å²) in [5, 5.41) is 11.9. The second kappa shape index (κ2) is 6.07. The molecule has 3 saturated carbocycles. The minimum atomic E-state index is -0.529. The quantitative estimate of drug-likeness (QED) is 0.795. The third-order valence-corrected chi connectivity index (χ3v) is 8.02. The largest absolute Gasteiger partial charge is 0.390 e. The van der Waals surface area contributed by atoms with Gasteiger partial charge in [0.05, 0.1) is 5.60 Å². The van der Waals surface area contributed by atoms with E-state index in [9.17, 15) is 14.3 Å². The number of carbonyl (C=O) groups excluding carboxylic acids is 1. The SMILES string of the molecule is CC(CC(=O)N1C2CC3CC1CC(O)(C3)C2)c1c[nH]c2cc(F)cc(C3CC3)c12. The molecule has 2 N–H and O–H groups in total. The number of piperidine rings is 2. The van der Waals surface area contributed by atoms with Gasteiger partial charge in [0.2, 0.25) is 5.91 Å². The first-order valence-corrected chi connectivity index (χ1v) is 11.2. The van der Waals surface area contributed by atoms with Gasteiger partial charge in [-0.25, -0.2) is 4.39 Å². The lowest BCUT2D eigenvalue weighted by Crippen LogP contribution is -2.65. The molecule has 1 amide bonds. The number of halogens is 1. The van der Waals surface area contributed by atoms with Crippen LogP contribution in [0.1, 0.15) is 81.3 Å². The highest BCUT2D eigenvalue weighted by molar-refractivity contribution is 5.89. The Bertz CT molecular complexity index is 978. The number of aromatic amines is 1.